The van der Waals surface area contributed by atoms with Gasteiger partial charge in [-0.1, -0.05) is 0 Å². The third kappa shape index (κ3) is 4.31. The molecule has 4 aromatic rings. The normalized spacial score (nSPS) is 11.1. The van der Waals surface area contributed by atoms with Gasteiger partial charge in [0.15, 0.2) is 16.3 Å². The average molecular weight is 485 g/mol. The van der Waals surface area contributed by atoms with Gasteiger partial charge in [0.05, 0.1) is 26.2 Å². The highest BCUT2D eigenvalue weighted by Crippen LogP contribution is 2.34. The van der Waals surface area contributed by atoms with Gasteiger partial charge in [-0.3, -0.25) is 18.7 Å². The molecule has 0 fully saturated rings. The van der Waals surface area contributed by atoms with E-state index in [0.717, 1.165) is 10.1 Å². The number of carbonyl (C=O) groups is 1. The fourth-order valence-corrected chi connectivity index (χ4v) is 4.35. The Bertz CT molecular complexity index is 1480. The molecule has 0 radical (unpaired) electrons. The first-order valence-corrected chi connectivity index (χ1v) is 11.3. The van der Waals surface area contributed by atoms with Gasteiger partial charge in [0, 0.05) is 44.1 Å². The van der Waals surface area contributed by atoms with Gasteiger partial charge in [0.2, 0.25) is 5.91 Å². The van der Waals surface area contributed by atoms with Gasteiger partial charge in [0.1, 0.15) is 11.5 Å². The monoisotopic (exact) mass is 484 g/mol. The summed E-state index contributed by atoms with van der Waals surface area (Å²) in [5.41, 5.74) is 1.29. The first-order valence-electron chi connectivity index (χ1n) is 10.4. The molecule has 0 unspecified atom stereocenters. The van der Waals surface area contributed by atoms with Crippen molar-refractivity contribution in [3.8, 4) is 22.8 Å². The Morgan fingerprint density at radius 2 is 1.94 bits per heavy atom. The molecule has 178 valence electrons. The first-order chi connectivity index (χ1) is 16.3. The molecular formula is C22H24N6O5S. The van der Waals surface area contributed by atoms with Crippen molar-refractivity contribution in [2.24, 2.45) is 14.1 Å². The predicted molar refractivity (Wildman–Crippen MR) is 129 cm³/mol. The van der Waals surface area contributed by atoms with Crippen LogP contribution >= 0.6 is 11.3 Å². The third-order valence-electron chi connectivity index (χ3n) is 5.46. The number of carbonyl (C=O) groups excluding carboxylic acids is 1. The van der Waals surface area contributed by atoms with Gasteiger partial charge < -0.3 is 19.4 Å². The number of hydrogen-bond donors (Lipinski definition) is 1. The Morgan fingerprint density at radius 3 is 2.68 bits per heavy atom. The van der Waals surface area contributed by atoms with E-state index in [1.165, 1.54) is 29.3 Å². The van der Waals surface area contributed by atoms with E-state index in [1.54, 1.807) is 31.9 Å². The molecule has 4 rings (SSSR count). The van der Waals surface area contributed by atoms with Crippen molar-refractivity contribution in [2.45, 2.75) is 19.4 Å². The summed E-state index contributed by atoms with van der Waals surface area (Å²) in [6.07, 6.45) is 2.22. The summed E-state index contributed by atoms with van der Waals surface area (Å²) >= 11 is 1.32. The van der Waals surface area contributed by atoms with E-state index in [9.17, 15) is 14.4 Å². The molecule has 0 atom stereocenters. The van der Waals surface area contributed by atoms with E-state index in [0.29, 0.717) is 46.5 Å². The summed E-state index contributed by atoms with van der Waals surface area (Å²) in [5, 5.41) is 5.14. The molecule has 1 amide bonds. The van der Waals surface area contributed by atoms with E-state index in [-0.39, 0.29) is 12.3 Å². The van der Waals surface area contributed by atoms with Gasteiger partial charge in [-0.05, 0) is 18.6 Å². The average Bonchev–Trinajstić information content (AvgIpc) is 3.48. The Balaban J connectivity index is 1.40. The molecule has 1 aromatic carbocycles. The zero-order valence-corrected chi connectivity index (χ0v) is 20.0. The van der Waals surface area contributed by atoms with Gasteiger partial charge in [0.25, 0.3) is 5.56 Å². The lowest BCUT2D eigenvalue weighted by molar-refractivity contribution is -0.116. The lowest BCUT2D eigenvalue weighted by atomic mass is 10.1. The number of nitrogens with zero attached hydrogens (tertiary/aromatic N) is 5. The minimum absolute atomic E-state index is 0.188. The molecule has 0 spiro atoms. The molecule has 0 aliphatic carbocycles. The van der Waals surface area contributed by atoms with Gasteiger partial charge in [-0.15, -0.1) is 11.3 Å². The van der Waals surface area contributed by atoms with Crippen molar-refractivity contribution in [3.63, 3.8) is 0 Å². The Morgan fingerprint density at radius 1 is 1.15 bits per heavy atom. The van der Waals surface area contributed by atoms with Crippen LogP contribution < -0.4 is 26.0 Å². The number of nitrogens with one attached hydrogen (secondary N) is 1. The molecule has 0 aliphatic rings. The largest absolute Gasteiger partial charge is 0.497 e. The smallest absolute Gasteiger partial charge is 0.332 e. The molecule has 0 saturated carbocycles. The summed E-state index contributed by atoms with van der Waals surface area (Å²) < 4.78 is 14.7. The maximum atomic E-state index is 12.5. The van der Waals surface area contributed by atoms with Crippen LogP contribution in [0.25, 0.3) is 22.4 Å². The first kappa shape index (κ1) is 23.2. The maximum absolute atomic E-state index is 12.5. The molecule has 0 saturated heterocycles. The fourth-order valence-electron chi connectivity index (χ4n) is 3.62. The van der Waals surface area contributed by atoms with Crippen molar-refractivity contribution in [1.29, 1.82) is 0 Å². The van der Waals surface area contributed by atoms with E-state index < -0.39 is 11.2 Å². The van der Waals surface area contributed by atoms with Crippen LogP contribution in [-0.4, -0.2) is 43.8 Å². The number of thiazole rings is 1. The molecule has 0 bridgehead atoms. The highest BCUT2D eigenvalue weighted by molar-refractivity contribution is 7.14. The van der Waals surface area contributed by atoms with Crippen LogP contribution in [0.1, 0.15) is 12.8 Å². The molecule has 12 heteroatoms. The van der Waals surface area contributed by atoms with E-state index in [1.807, 2.05) is 17.5 Å². The molecule has 3 heterocycles. The minimum atomic E-state index is -0.433. The predicted octanol–water partition coefficient (Wildman–Crippen LogP) is 1.99. The van der Waals surface area contributed by atoms with Crippen LogP contribution in [0.3, 0.4) is 0 Å². The van der Waals surface area contributed by atoms with Crippen molar-refractivity contribution >= 4 is 33.5 Å². The second-order valence-corrected chi connectivity index (χ2v) is 8.43. The van der Waals surface area contributed by atoms with Crippen molar-refractivity contribution in [1.82, 2.24) is 23.7 Å². The van der Waals surface area contributed by atoms with Crippen LogP contribution in [-0.2, 0) is 25.4 Å². The SMILES string of the molecule is COc1ccc(-c2csc(NC(=O)CCCn3cnc4c3c(=O)n(C)c(=O)n4C)n2)c(OC)c1. The number of aromatic nitrogens is 5. The quantitative estimate of drug-likeness (QED) is 0.406. The lowest BCUT2D eigenvalue weighted by Gasteiger charge is -2.08. The summed E-state index contributed by atoms with van der Waals surface area (Å²) in [7, 11) is 6.16. The summed E-state index contributed by atoms with van der Waals surface area (Å²) in [6.45, 7) is 0.406. The van der Waals surface area contributed by atoms with E-state index >= 15 is 0 Å². The number of anilines is 1. The number of benzene rings is 1. The molecule has 3 aromatic heterocycles. The number of hydrogen-bond acceptors (Lipinski definition) is 8. The Hall–Kier alpha value is -3.93. The number of imidazole rings is 1. The second-order valence-electron chi connectivity index (χ2n) is 7.57. The maximum Gasteiger partial charge on any atom is 0.332 e. The number of amides is 1. The summed E-state index contributed by atoms with van der Waals surface area (Å²) in [5.74, 6) is 1.11. The van der Waals surface area contributed by atoms with Gasteiger partial charge in [-0.25, -0.2) is 14.8 Å². The van der Waals surface area contributed by atoms with Crippen molar-refractivity contribution < 1.29 is 14.3 Å². The van der Waals surface area contributed by atoms with Crippen LogP contribution in [0.4, 0.5) is 5.13 Å². The van der Waals surface area contributed by atoms with Crippen molar-refractivity contribution in [3.05, 3.63) is 50.7 Å². The summed E-state index contributed by atoms with van der Waals surface area (Å²) in [4.78, 5) is 45.7. The topological polar surface area (TPSA) is 122 Å². The molecule has 1 N–H and O–H groups in total. The summed E-state index contributed by atoms with van der Waals surface area (Å²) in [6, 6.07) is 5.45. The lowest BCUT2D eigenvalue weighted by Crippen LogP contribution is -2.37. The second kappa shape index (κ2) is 9.51. The number of fused-ring (bicyclic) bond motifs is 1. The number of aryl methyl sites for hydroxylation is 2. The highest BCUT2D eigenvalue weighted by Gasteiger charge is 2.15. The van der Waals surface area contributed by atoms with E-state index in [2.05, 4.69) is 15.3 Å². The molecule has 0 aliphatic heterocycles. The molecule has 34 heavy (non-hydrogen) atoms. The molecular weight excluding hydrogens is 460 g/mol. The Kier molecular flexibility index (Phi) is 6.50. The highest BCUT2D eigenvalue weighted by atomic mass is 32.1. The minimum Gasteiger partial charge on any atom is -0.497 e. The van der Waals surface area contributed by atoms with Gasteiger partial charge >= 0.3 is 5.69 Å². The molecule has 11 nitrogen and oxygen atoms in total. The standard InChI is InChI=1S/C22H24N6O5S/c1-26-19-18(20(30)27(2)22(26)31)28(12-23-19)9-5-6-17(29)25-21-24-15(11-34-21)14-8-7-13(32-3)10-16(14)33-4/h7-8,10-12H,5-6,9H2,1-4H3,(H,24,25,29). The van der Waals surface area contributed by atoms with E-state index in [4.69, 9.17) is 9.47 Å². The van der Waals surface area contributed by atoms with Gasteiger partial charge in [-0.2, -0.15) is 0 Å². The zero-order chi connectivity index (χ0) is 24.4. The van der Waals surface area contributed by atoms with Crippen LogP contribution in [0.5, 0.6) is 11.5 Å². The fraction of sp³-hybridized carbons (Fsp3) is 0.318. The van der Waals surface area contributed by atoms with Crippen LogP contribution in [0.15, 0.2) is 39.5 Å². The number of ether oxygens (including phenoxy) is 2. The number of methoxy groups -OCH3 is 2. The van der Waals surface area contributed by atoms with Crippen molar-refractivity contribution in [2.75, 3.05) is 19.5 Å². The third-order valence-corrected chi connectivity index (χ3v) is 6.21. The van der Waals surface area contributed by atoms with Crippen LogP contribution in [0, 0.1) is 0 Å². The number of rotatable bonds is 8. The zero-order valence-electron chi connectivity index (χ0n) is 19.2. The van der Waals surface area contributed by atoms with Crippen LogP contribution in [0.2, 0.25) is 0 Å². The Labute approximate surface area is 198 Å².